The number of fused-ring (bicyclic) bond motifs is 1. The number of carbonyl (C=O) groups is 1. The third kappa shape index (κ3) is 4.62. The summed E-state index contributed by atoms with van der Waals surface area (Å²) in [6.07, 6.45) is 3.52. The first-order chi connectivity index (χ1) is 16.8. The van der Waals surface area contributed by atoms with Gasteiger partial charge in [0.25, 0.3) is 5.91 Å². The van der Waals surface area contributed by atoms with Gasteiger partial charge in [-0.15, -0.1) is 11.3 Å². The molecule has 4 aromatic rings. The Morgan fingerprint density at radius 3 is 2.63 bits per heavy atom. The van der Waals surface area contributed by atoms with Crippen molar-refractivity contribution in [3.8, 4) is 5.75 Å². The number of nitrogens with one attached hydrogen (secondary N) is 1. The van der Waals surface area contributed by atoms with E-state index in [-0.39, 0.29) is 5.91 Å². The number of hydrogen-bond acceptors (Lipinski definition) is 5. The van der Waals surface area contributed by atoms with Gasteiger partial charge in [-0.05, 0) is 81.7 Å². The van der Waals surface area contributed by atoms with Crippen molar-refractivity contribution in [3.63, 3.8) is 0 Å². The number of nitrogens with zero attached hydrogens (tertiary/aromatic N) is 4. The highest BCUT2D eigenvalue weighted by molar-refractivity contribution is 7.12. The lowest BCUT2D eigenvalue weighted by Crippen LogP contribution is -2.12. The summed E-state index contributed by atoms with van der Waals surface area (Å²) in [5.74, 6) is 0.763. The molecule has 7 nitrogen and oxygen atoms in total. The van der Waals surface area contributed by atoms with E-state index in [9.17, 15) is 4.79 Å². The lowest BCUT2D eigenvalue weighted by molar-refractivity contribution is 0.103. The fourth-order valence-electron chi connectivity index (χ4n) is 4.78. The molecule has 1 amide bonds. The van der Waals surface area contributed by atoms with Crippen molar-refractivity contribution in [3.05, 3.63) is 79.6 Å². The van der Waals surface area contributed by atoms with Crippen molar-refractivity contribution >= 4 is 22.9 Å². The minimum absolute atomic E-state index is 0.127. The first-order valence-electron chi connectivity index (χ1n) is 12.0. The molecule has 0 saturated heterocycles. The van der Waals surface area contributed by atoms with Gasteiger partial charge in [0.2, 0.25) is 0 Å². The Morgan fingerprint density at radius 2 is 1.86 bits per heavy atom. The van der Waals surface area contributed by atoms with Gasteiger partial charge in [0.15, 0.2) is 0 Å². The molecule has 0 saturated carbocycles. The van der Waals surface area contributed by atoms with Crippen LogP contribution in [0.2, 0.25) is 0 Å². The van der Waals surface area contributed by atoms with E-state index >= 15 is 0 Å². The number of aromatic nitrogens is 4. The van der Waals surface area contributed by atoms with Gasteiger partial charge in [0.1, 0.15) is 12.4 Å². The summed E-state index contributed by atoms with van der Waals surface area (Å²) in [5, 5.41) is 14.3. The molecule has 0 unspecified atom stereocenters. The van der Waals surface area contributed by atoms with Crippen molar-refractivity contribution in [2.24, 2.45) is 7.05 Å². The van der Waals surface area contributed by atoms with Crippen LogP contribution in [-0.2, 0) is 33.0 Å². The van der Waals surface area contributed by atoms with Gasteiger partial charge in [0, 0.05) is 23.9 Å². The van der Waals surface area contributed by atoms with Crippen LogP contribution in [-0.4, -0.2) is 25.5 Å². The van der Waals surface area contributed by atoms with E-state index in [4.69, 9.17) is 4.74 Å². The molecular weight excluding hydrogens is 458 g/mol. The summed E-state index contributed by atoms with van der Waals surface area (Å²) in [4.78, 5) is 13.7. The van der Waals surface area contributed by atoms with Crippen molar-refractivity contribution in [1.29, 1.82) is 0 Å². The summed E-state index contributed by atoms with van der Waals surface area (Å²) in [6, 6.07) is 8.28. The third-order valence-corrected chi connectivity index (χ3v) is 7.92. The van der Waals surface area contributed by atoms with E-state index in [1.807, 2.05) is 54.7 Å². The molecule has 0 spiro atoms. The van der Waals surface area contributed by atoms with Gasteiger partial charge in [-0.2, -0.15) is 10.2 Å². The van der Waals surface area contributed by atoms with Crippen LogP contribution < -0.4 is 10.1 Å². The van der Waals surface area contributed by atoms with Crippen LogP contribution in [0.4, 0.5) is 5.69 Å². The molecule has 3 aromatic heterocycles. The van der Waals surface area contributed by atoms with Gasteiger partial charge >= 0.3 is 0 Å². The largest absolute Gasteiger partial charge is 0.489 e. The Morgan fingerprint density at radius 1 is 1.06 bits per heavy atom. The lowest BCUT2D eigenvalue weighted by Gasteiger charge is -2.08. The molecule has 1 aliphatic carbocycles. The normalized spacial score (nSPS) is 12.7. The zero-order chi connectivity index (χ0) is 24.7. The molecule has 182 valence electrons. The SMILES string of the molecule is Cc1nn(C)c(C)c1Cn1nc(C)c(NC(=O)c2cc(COc3ccc4c(c3)CCC4)cs2)c1C. The molecule has 0 aliphatic heterocycles. The minimum Gasteiger partial charge on any atom is -0.489 e. The Balaban J connectivity index is 1.25. The van der Waals surface area contributed by atoms with E-state index < -0.39 is 0 Å². The molecule has 8 heteroatoms. The summed E-state index contributed by atoms with van der Waals surface area (Å²) < 4.78 is 9.83. The standard InChI is InChI=1S/C27H31N5O2S/c1-16-24(18(3)31(5)29-16)13-32-19(4)26(17(2)30-32)28-27(33)25-11-20(15-35-25)14-34-23-10-9-21-7-6-8-22(21)12-23/h9-12,15H,6-8,13-14H2,1-5H3,(H,28,33). The maximum Gasteiger partial charge on any atom is 0.265 e. The zero-order valence-corrected chi connectivity index (χ0v) is 21.8. The second-order valence-corrected chi connectivity index (χ2v) is 10.2. The number of anilines is 1. The average molecular weight is 490 g/mol. The lowest BCUT2D eigenvalue weighted by atomic mass is 10.1. The van der Waals surface area contributed by atoms with Crippen LogP contribution in [0, 0.1) is 27.7 Å². The predicted octanol–water partition coefficient (Wildman–Crippen LogP) is 5.28. The molecule has 5 rings (SSSR count). The molecule has 1 N–H and O–H groups in total. The monoisotopic (exact) mass is 489 g/mol. The maximum atomic E-state index is 13.0. The number of thiophene rings is 1. The first kappa shape index (κ1) is 23.4. The smallest absolute Gasteiger partial charge is 0.265 e. The highest BCUT2D eigenvalue weighted by Gasteiger charge is 2.19. The molecule has 0 atom stereocenters. The molecule has 3 heterocycles. The second kappa shape index (κ2) is 9.34. The maximum absolute atomic E-state index is 13.0. The van der Waals surface area contributed by atoms with Crippen molar-refractivity contribution < 1.29 is 9.53 Å². The minimum atomic E-state index is -0.127. The van der Waals surface area contributed by atoms with Crippen LogP contribution in [0.25, 0.3) is 0 Å². The van der Waals surface area contributed by atoms with E-state index in [0.717, 1.165) is 51.8 Å². The highest BCUT2D eigenvalue weighted by Crippen LogP contribution is 2.28. The van der Waals surface area contributed by atoms with Gasteiger partial charge in [0.05, 0.1) is 34.2 Å². The molecule has 0 bridgehead atoms. The van der Waals surface area contributed by atoms with Crippen molar-refractivity contribution in [2.45, 2.75) is 60.1 Å². The van der Waals surface area contributed by atoms with E-state index in [1.165, 1.54) is 35.3 Å². The second-order valence-electron chi connectivity index (χ2n) is 9.32. The van der Waals surface area contributed by atoms with E-state index in [2.05, 4.69) is 34.6 Å². The molecule has 0 fully saturated rings. The molecule has 1 aliphatic rings. The predicted molar refractivity (Wildman–Crippen MR) is 139 cm³/mol. The highest BCUT2D eigenvalue weighted by atomic mass is 32.1. The van der Waals surface area contributed by atoms with Gasteiger partial charge in [-0.25, -0.2) is 0 Å². The first-order valence-corrected chi connectivity index (χ1v) is 12.8. The third-order valence-electron chi connectivity index (χ3n) is 6.94. The number of amides is 1. The van der Waals surface area contributed by atoms with Crippen LogP contribution >= 0.6 is 11.3 Å². The number of rotatable bonds is 7. The Kier molecular flexibility index (Phi) is 6.23. The summed E-state index contributed by atoms with van der Waals surface area (Å²) in [6.45, 7) is 9.05. The number of hydrogen-bond donors (Lipinski definition) is 1. The summed E-state index contributed by atoms with van der Waals surface area (Å²) in [5.41, 5.74) is 9.58. The van der Waals surface area contributed by atoms with Gasteiger partial charge < -0.3 is 10.1 Å². The zero-order valence-electron chi connectivity index (χ0n) is 20.9. The fourth-order valence-corrected chi connectivity index (χ4v) is 5.57. The number of aryl methyl sites for hydroxylation is 5. The van der Waals surface area contributed by atoms with Crippen LogP contribution in [0.15, 0.2) is 29.6 Å². The van der Waals surface area contributed by atoms with Crippen LogP contribution in [0.3, 0.4) is 0 Å². The van der Waals surface area contributed by atoms with Crippen LogP contribution in [0.1, 0.15) is 61.1 Å². The van der Waals surface area contributed by atoms with Gasteiger partial charge in [-0.1, -0.05) is 6.07 Å². The number of ether oxygens (including phenoxy) is 1. The van der Waals surface area contributed by atoms with Crippen LogP contribution in [0.5, 0.6) is 5.75 Å². The quantitative estimate of drug-likeness (QED) is 0.383. The summed E-state index contributed by atoms with van der Waals surface area (Å²) >= 11 is 1.43. The molecule has 1 aromatic carbocycles. The molecule has 35 heavy (non-hydrogen) atoms. The van der Waals surface area contributed by atoms with E-state index in [0.29, 0.717) is 18.0 Å². The van der Waals surface area contributed by atoms with Crippen molar-refractivity contribution in [1.82, 2.24) is 19.6 Å². The Bertz CT molecular complexity index is 1410. The average Bonchev–Trinajstić information content (AvgIpc) is 3.60. The van der Waals surface area contributed by atoms with Gasteiger partial charge in [-0.3, -0.25) is 14.2 Å². The van der Waals surface area contributed by atoms with Crippen molar-refractivity contribution in [2.75, 3.05) is 5.32 Å². The summed E-state index contributed by atoms with van der Waals surface area (Å²) in [7, 11) is 1.95. The fraction of sp³-hybridized carbons (Fsp3) is 0.370. The van der Waals surface area contributed by atoms with E-state index in [1.54, 1.807) is 0 Å². The Labute approximate surface area is 209 Å². The molecule has 0 radical (unpaired) electrons. The topological polar surface area (TPSA) is 74.0 Å². The number of benzene rings is 1. The Hall–Kier alpha value is -3.39. The number of carbonyl (C=O) groups excluding carboxylic acids is 1. The molecular formula is C27H31N5O2S.